The Labute approximate surface area is 185 Å². The second-order valence-electron chi connectivity index (χ2n) is 8.33. The predicted molar refractivity (Wildman–Crippen MR) is 126 cm³/mol. The second kappa shape index (κ2) is 10.7. The third-order valence-corrected chi connectivity index (χ3v) is 4.55. The number of aromatic nitrogens is 2. The summed E-state index contributed by atoms with van der Waals surface area (Å²) in [6.07, 6.45) is 3.85. The Hall–Kier alpha value is -3.28. The molecule has 3 rings (SSSR count). The molecule has 2 aromatic carbocycles. The zero-order valence-corrected chi connectivity index (χ0v) is 18.9. The fraction of sp³-hybridized carbons (Fsp3) is 0.360. The fourth-order valence-electron chi connectivity index (χ4n) is 3.16. The number of nitrogens with one attached hydrogen (secondary N) is 2. The smallest absolute Gasteiger partial charge is 0.191 e. The number of guanidine groups is 1. The van der Waals surface area contributed by atoms with Crippen molar-refractivity contribution in [3.63, 3.8) is 0 Å². The summed E-state index contributed by atoms with van der Waals surface area (Å²) < 4.78 is 8.24. The molecule has 31 heavy (non-hydrogen) atoms. The van der Waals surface area contributed by atoms with Gasteiger partial charge in [0, 0.05) is 31.0 Å². The van der Waals surface area contributed by atoms with E-state index in [-0.39, 0.29) is 5.60 Å². The molecule has 0 saturated heterocycles. The Morgan fingerprint density at radius 1 is 1.03 bits per heavy atom. The van der Waals surface area contributed by atoms with E-state index in [1.807, 2.05) is 36.7 Å². The number of rotatable bonds is 8. The lowest BCUT2D eigenvalue weighted by atomic mass is 10.1. The van der Waals surface area contributed by atoms with Gasteiger partial charge in [-0.1, -0.05) is 48.5 Å². The van der Waals surface area contributed by atoms with Gasteiger partial charge in [0.2, 0.25) is 0 Å². The van der Waals surface area contributed by atoms with E-state index in [9.17, 15) is 0 Å². The maximum Gasteiger partial charge on any atom is 0.191 e. The summed E-state index contributed by atoms with van der Waals surface area (Å²) in [5.41, 5.74) is 2.05. The van der Waals surface area contributed by atoms with Crippen LogP contribution in [0.2, 0.25) is 0 Å². The molecule has 0 bridgehead atoms. The molecule has 0 unspecified atom stereocenters. The average molecular weight is 420 g/mol. The lowest BCUT2D eigenvalue weighted by Gasteiger charge is -2.23. The molecular formula is C25H33N5O. The average Bonchev–Trinajstić information content (AvgIpc) is 3.17. The Morgan fingerprint density at radius 2 is 1.77 bits per heavy atom. The Bertz CT molecular complexity index is 973. The fourth-order valence-corrected chi connectivity index (χ4v) is 3.16. The van der Waals surface area contributed by atoms with Crippen LogP contribution in [-0.4, -0.2) is 27.7 Å². The molecule has 2 N–H and O–H groups in total. The number of aliphatic imine (C=N–C) groups is 1. The van der Waals surface area contributed by atoms with Crippen molar-refractivity contribution in [3.8, 4) is 5.75 Å². The van der Waals surface area contributed by atoms with E-state index in [2.05, 4.69) is 78.2 Å². The molecule has 1 heterocycles. The number of ether oxygens (including phenoxy) is 1. The summed E-state index contributed by atoms with van der Waals surface area (Å²) in [5, 5.41) is 6.72. The van der Waals surface area contributed by atoms with Gasteiger partial charge in [-0.15, -0.1) is 0 Å². The van der Waals surface area contributed by atoms with Gasteiger partial charge in [-0.2, -0.15) is 0 Å². The van der Waals surface area contributed by atoms with Crippen LogP contribution in [0.4, 0.5) is 0 Å². The molecule has 1 aromatic heterocycles. The largest absolute Gasteiger partial charge is 0.488 e. The molecule has 0 amide bonds. The first-order valence-electron chi connectivity index (χ1n) is 10.8. The van der Waals surface area contributed by atoms with Gasteiger partial charge in [0.25, 0.3) is 0 Å². The highest BCUT2D eigenvalue weighted by atomic mass is 16.5. The van der Waals surface area contributed by atoms with Gasteiger partial charge in [-0.05, 0) is 39.3 Å². The van der Waals surface area contributed by atoms with Crippen molar-refractivity contribution in [1.29, 1.82) is 0 Å². The van der Waals surface area contributed by atoms with Crippen molar-refractivity contribution >= 4 is 5.96 Å². The summed E-state index contributed by atoms with van der Waals surface area (Å²) in [7, 11) is 0. The highest BCUT2D eigenvalue weighted by Gasteiger charge is 2.14. The van der Waals surface area contributed by atoms with Crippen LogP contribution in [-0.2, 0) is 19.6 Å². The van der Waals surface area contributed by atoms with Crippen molar-refractivity contribution in [2.45, 2.75) is 52.9 Å². The molecule has 0 aliphatic carbocycles. The number of nitrogens with zero attached hydrogens (tertiary/aromatic N) is 3. The molecule has 0 aliphatic heterocycles. The number of benzene rings is 2. The summed E-state index contributed by atoms with van der Waals surface area (Å²) in [6, 6.07) is 18.5. The topological polar surface area (TPSA) is 63.5 Å². The lowest BCUT2D eigenvalue weighted by Crippen LogP contribution is -2.37. The van der Waals surface area contributed by atoms with Gasteiger partial charge in [0.05, 0.1) is 13.1 Å². The first-order valence-corrected chi connectivity index (χ1v) is 10.8. The molecule has 0 atom stereocenters. The molecule has 0 saturated carbocycles. The molecule has 164 valence electrons. The van der Waals surface area contributed by atoms with Gasteiger partial charge >= 0.3 is 0 Å². The van der Waals surface area contributed by atoms with Crippen LogP contribution in [0, 0.1) is 0 Å². The molecular weight excluding hydrogens is 386 g/mol. The van der Waals surface area contributed by atoms with Crippen molar-refractivity contribution in [2.75, 3.05) is 6.54 Å². The summed E-state index contributed by atoms with van der Waals surface area (Å²) in [6.45, 7) is 10.9. The van der Waals surface area contributed by atoms with E-state index in [1.165, 1.54) is 5.56 Å². The van der Waals surface area contributed by atoms with E-state index in [0.29, 0.717) is 13.1 Å². The minimum Gasteiger partial charge on any atom is -0.488 e. The minimum atomic E-state index is -0.252. The first kappa shape index (κ1) is 22.4. The minimum absolute atomic E-state index is 0.252. The number of hydrogen-bond acceptors (Lipinski definition) is 3. The Kier molecular flexibility index (Phi) is 7.70. The van der Waals surface area contributed by atoms with Crippen LogP contribution in [0.25, 0.3) is 0 Å². The number of imidazole rings is 1. The third kappa shape index (κ3) is 7.17. The van der Waals surface area contributed by atoms with E-state index in [0.717, 1.165) is 36.2 Å². The van der Waals surface area contributed by atoms with Crippen LogP contribution in [0.15, 0.2) is 72.0 Å². The van der Waals surface area contributed by atoms with Gasteiger partial charge in [-0.25, -0.2) is 9.98 Å². The van der Waals surface area contributed by atoms with Crippen molar-refractivity contribution in [2.24, 2.45) is 4.99 Å². The molecule has 6 heteroatoms. The SMILES string of the molecule is CCNC(=NCc1ccccc1OC(C)(C)C)NCc1nccn1Cc1ccccc1. The van der Waals surface area contributed by atoms with Crippen LogP contribution >= 0.6 is 0 Å². The highest BCUT2D eigenvalue weighted by Crippen LogP contribution is 2.23. The molecule has 3 aromatic rings. The normalized spacial score (nSPS) is 11.9. The van der Waals surface area contributed by atoms with Crippen LogP contribution in [0.3, 0.4) is 0 Å². The maximum atomic E-state index is 6.09. The van der Waals surface area contributed by atoms with Gasteiger partial charge < -0.3 is 19.9 Å². The zero-order valence-electron chi connectivity index (χ0n) is 18.9. The standard InChI is InChI=1S/C25H33N5O/c1-5-26-24(28-17-21-13-9-10-14-22(21)31-25(2,3)4)29-18-23-27-15-16-30(23)19-20-11-7-6-8-12-20/h6-16H,5,17-19H2,1-4H3,(H2,26,28,29). The van der Waals surface area contributed by atoms with Gasteiger partial charge in [0.15, 0.2) is 5.96 Å². The second-order valence-corrected chi connectivity index (χ2v) is 8.33. The summed E-state index contributed by atoms with van der Waals surface area (Å²) in [4.78, 5) is 9.28. The lowest BCUT2D eigenvalue weighted by molar-refractivity contribution is 0.129. The number of para-hydroxylation sites is 1. The van der Waals surface area contributed by atoms with Crippen molar-refractivity contribution in [3.05, 3.63) is 83.9 Å². The summed E-state index contributed by atoms with van der Waals surface area (Å²) >= 11 is 0. The molecule has 0 radical (unpaired) electrons. The van der Waals surface area contributed by atoms with E-state index in [4.69, 9.17) is 9.73 Å². The van der Waals surface area contributed by atoms with Gasteiger partial charge in [0.1, 0.15) is 17.2 Å². The predicted octanol–water partition coefficient (Wildman–Crippen LogP) is 4.36. The third-order valence-electron chi connectivity index (χ3n) is 4.55. The van der Waals surface area contributed by atoms with Crippen LogP contribution in [0.1, 0.15) is 44.6 Å². The van der Waals surface area contributed by atoms with E-state index < -0.39 is 0 Å². The summed E-state index contributed by atoms with van der Waals surface area (Å²) in [5.74, 6) is 2.58. The quantitative estimate of drug-likeness (QED) is 0.421. The molecule has 0 aliphatic rings. The first-order chi connectivity index (χ1) is 14.9. The monoisotopic (exact) mass is 419 g/mol. The maximum absolute atomic E-state index is 6.09. The van der Waals surface area contributed by atoms with Gasteiger partial charge in [-0.3, -0.25) is 0 Å². The Balaban J connectivity index is 1.66. The van der Waals surface area contributed by atoms with Crippen molar-refractivity contribution < 1.29 is 4.74 Å². The van der Waals surface area contributed by atoms with Crippen molar-refractivity contribution in [1.82, 2.24) is 20.2 Å². The highest BCUT2D eigenvalue weighted by molar-refractivity contribution is 5.79. The van der Waals surface area contributed by atoms with Crippen LogP contribution < -0.4 is 15.4 Å². The van der Waals surface area contributed by atoms with E-state index in [1.54, 1.807) is 0 Å². The zero-order chi connectivity index (χ0) is 22.1. The molecule has 0 spiro atoms. The van der Waals surface area contributed by atoms with Crippen LogP contribution in [0.5, 0.6) is 5.75 Å². The molecule has 0 fully saturated rings. The Morgan fingerprint density at radius 3 is 2.52 bits per heavy atom. The molecule has 6 nitrogen and oxygen atoms in total. The van der Waals surface area contributed by atoms with E-state index >= 15 is 0 Å². The number of hydrogen-bond donors (Lipinski definition) is 2.